The van der Waals surface area contributed by atoms with Gasteiger partial charge in [-0.3, -0.25) is 0 Å². The number of hydrogen-bond donors (Lipinski definition) is 2. The molecule has 9 heteroatoms. The van der Waals surface area contributed by atoms with E-state index in [1.807, 2.05) is 43.3 Å². The predicted molar refractivity (Wildman–Crippen MR) is 141 cm³/mol. The molecule has 1 aliphatic carbocycles. The molecule has 2 atom stereocenters. The molecule has 9 nitrogen and oxygen atoms in total. The summed E-state index contributed by atoms with van der Waals surface area (Å²) < 4.78 is 24.4. The topological polar surface area (TPSA) is 139 Å². The molecule has 0 saturated heterocycles. The zero-order chi connectivity index (χ0) is 26.2. The van der Waals surface area contributed by atoms with Crippen molar-refractivity contribution in [2.45, 2.75) is 45.1 Å². The molecule has 1 aliphatic rings. The van der Waals surface area contributed by atoms with Crippen LogP contribution in [0.5, 0.6) is 17.2 Å². The summed E-state index contributed by atoms with van der Waals surface area (Å²) >= 11 is 0. The zero-order valence-electron chi connectivity index (χ0n) is 21.3. The minimum absolute atomic E-state index is 0.00712. The molecule has 1 fully saturated rings. The lowest BCUT2D eigenvalue weighted by atomic mass is 9.96. The number of anilines is 2. The molecule has 1 saturated carbocycles. The normalized spacial score (nSPS) is 16.8. The SMILES string of the molecule is CCOc1cc(-c2ccccc2)c(OC2CCCC2CC#N)c(OCOC)c1Cc1cnc(N)nc1N. The Hall–Kier alpha value is -4.03. The van der Waals surface area contributed by atoms with Gasteiger partial charge in [0.05, 0.1) is 12.7 Å². The van der Waals surface area contributed by atoms with E-state index >= 15 is 0 Å². The number of rotatable bonds is 11. The maximum absolute atomic E-state index is 9.37. The van der Waals surface area contributed by atoms with Crippen molar-refractivity contribution in [3.63, 3.8) is 0 Å². The molecule has 194 valence electrons. The van der Waals surface area contributed by atoms with Crippen molar-refractivity contribution in [1.29, 1.82) is 5.26 Å². The summed E-state index contributed by atoms with van der Waals surface area (Å²) in [6.07, 6.45) is 5.11. The quantitative estimate of drug-likeness (QED) is 0.355. The molecule has 3 aromatic rings. The maximum Gasteiger partial charge on any atom is 0.221 e. The summed E-state index contributed by atoms with van der Waals surface area (Å²) in [6.45, 7) is 2.39. The zero-order valence-corrected chi connectivity index (χ0v) is 21.3. The molecular formula is C28H33N5O4. The molecule has 0 radical (unpaired) electrons. The van der Waals surface area contributed by atoms with Crippen LogP contribution in [-0.4, -0.2) is 36.6 Å². The van der Waals surface area contributed by atoms with E-state index in [2.05, 4.69) is 16.0 Å². The van der Waals surface area contributed by atoms with Gasteiger partial charge in [0.2, 0.25) is 5.95 Å². The Morgan fingerprint density at radius 3 is 2.62 bits per heavy atom. The Morgan fingerprint density at radius 1 is 1.11 bits per heavy atom. The van der Waals surface area contributed by atoms with Crippen LogP contribution in [0.3, 0.4) is 0 Å². The lowest BCUT2D eigenvalue weighted by Crippen LogP contribution is -2.22. The number of nitriles is 1. The van der Waals surface area contributed by atoms with E-state index in [9.17, 15) is 5.26 Å². The van der Waals surface area contributed by atoms with Gasteiger partial charge in [0.1, 0.15) is 17.7 Å². The molecule has 2 aromatic carbocycles. The van der Waals surface area contributed by atoms with Gasteiger partial charge in [0.15, 0.2) is 18.3 Å². The van der Waals surface area contributed by atoms with Crippen LogP contribution in [0.1, 0.15) is 43.7 Å². The highest BCUT2D eigenvalue weighted by molar-refractivity contribution is 5.78. The third-order valence-electron chi connectivity index (χ3n) is 6.50. The second-order valence-electron chi connectivity index (χ2n) is 8.93. The lowest BCUT2D eigenvalue weighted by molar-refractivity contribution is 0.0453. The van der Waals surface area contributed by atoms with E-state index in [1.165, 1.54) is 0 Å². The minimum atomic E-state index is -0.109. The van der Waals surface area contributed by atoms with Gasteiger partial charge >= 0.3 is 0 Å². The molecule has 0 aliphatic heterocycles. The van der Waals surface area contributed by atoms with Crippen molar-refractivity contribution >= 4 is 11.8 Å². The van der Waals surface area contributed by atoms with Crippen LogP contribution in [-0.2, 0) is 11.2 Å². The summed E-state index contributed by atoms with van der Waals surface area (Å²) in [7, 11) is 1.57. The standard InChI is InChI=1S/C28H33N5O4/c1-3-35-24-15-21(18-8-5-4-6-9-18)26(37-23-11-7-10-19(23)12-13-29)25(36-17-34-2)22(24)14-20-16-32-28(31)33-27(20)30/h4-6,8-9,15-16,19,23H,3,7,10-12,14,17H2,1-2H3,(H4,30,31,32,33). The number of methoxy groups -OCH3 is 1. The van der Waals surface area contributed by atoms with Crippen LogP contribution >= 0.6 is 0 Å². The molecule has 4 N–H and O–H groups in total. The van der Waals surface area contributed by atoms with E-state index in [0.29, 0.717) is 42.3 Å². The average molecular weight is 504 g/mol. The second-order valence-corrected chi connectivity index (χ2v) is 8.93. The number of benzene rings is 2. The van der Waals surface area contributed by atoms with E-state index in [0.717, 1.165) is 36.0 Å². The van der Waals surface area contributed by atoms with Gasteiger partial charge in [0, 0.05) is 48.8 Å². The highest BCUT2D eigenvalue weighted by atomic mass is 16.7. The maximum atomic E-state index is 9.37. The third kappa shape index (κ3) is 6.04. The largest absolute Gasteiger partial charge is 0.493 e. The van der Waals surface area contributed by atoms with E-state index in [1.54, 1.807) is 13.3 Å². The van der Waals surface area contributed by atoms with Crippen LogP contribution < -0.4 is 25.7 Å². The molecule has 2 unspecified atom stereocenters. The number of hydrogen-bond acceptors (Lipinski definition) is 9. The van der Waals surface area contributed by atoms with Crippen molar-refractivity contribution in [3.8, 4) is 34.4 Å². The first-order valence-corrected chi connectivity index (χ1v) is 12.5. The summed E-state index contributed by atoms with van der Waals surface area (Å²) in [5.41, 5.74) is 15.1. The number of nitrogens with zero attached hydrogens (tertiary/aromatic N) is 3. The van der Waals surface area contributed by atoms with Gasteiger partial charge in [0.25, 0.3) is 0 Å². The van der Waals surface area contributed by atoms with Crippen molar-refractivity contribution in [3.05, 3.63) is 53.7 Å². The van der Waals surface area contributed by atoms with Crippen LogP contribution in [0.2, 0.25) is 0 Å². The number of nitrogens with two attached hydrogens (primary N) is 2. The number of ether oxygens (including phenoxy) is 4. The highest BCUT2D eigenvalue weighted by Gasteiger charge is 2.32. The average Bonchev–Trinajstić information content (AvgIpc) is 3.33. The Bertz CT molecular complexity index is 1250. The third-order valence-corrected chi connectivity index (χ3v) is 6.50. The first-order valence-electron chi connectivity index (χ1n) is 12.5. The Morgan fingerprint density at radius 2 is 1.92 bits per heavy atom. The molecule has 0 bridgehead atoms. The van der Waals surface area contributed by atoms with Crippen LogP contribution in [0.15, 0.2) is 42.6 Å². The van der Waals surface area contributed by atoms with Crippen molar-refractivity contribution in [2.24, 2.45) is 5.92 Å². The van der Waals surface area contributed by atoms with Gasteiger partial charge in [-0.25, -0.2) is 4.98 Å². The Kier molecular flexibility index (Phi) is 8.64. The molecular weight excluding hydrogens is 470 g/mol. The summed E-state index contributed by atoms with van der Waals surface area (Å²) in [5.74, 6) is 2.27. The fraction of sp³-hybridized carbons (Fsp3) is 0.393. The van der Waals surface area contributed by atoms with Gasteiger partial charge in [-0.15, -0.1) is 0 Å². The fourth-order valence-electron chi connectivity index (χ4n) is 4.75. The van der Waals surface area contributed by atoms with Gasteiger partial charge in [-0.1, -0.05) is 30.3 Å². The Balaban J connectivity index is 1.91. The summed E-state index contributed by atoms with van der Waals surface area (Å²) in [6, 6.07) is 14.2. The first kappa shape index (κ1) is 26.0. The van der Waals surface area contributed by atoms with E-state index in [4.69, 9.17) is 30.4 Å². The number of nitrogen functional groups attached to an aromatic ring is 2. The number of aromatic nitrogens is 2. The van der Waals surface area contributed by atoms with Crippen LogP contribution in [0, 0.1) is 17.2 Å². The van der Waals surface area contributed by atoms with Crippen molar-refractivity contribution in [1.82, 2.24) is 9.97 Å². The molecule has 4 rings (SSSR count). The molecule has 0 spiro atoms. The minimum Gasteiger partial charge on any atom is -0.493 e. The van der Waals surface area contributed by atoms with E-state index < -0.39 is 0 Å². The molecule has 1 heterocycles. The van der Waals surface area contributed by atoms with Crippen LogP contribution in [0.25, 0.3) is 11.1 Å². The monoisotopic (exact) mass is 503 g/mol. The van der Waals surface area contributed by atoms with Crippen LogP contribution in [0.4, 0.5) is 11.8 Å². The first-order chi connectivity index (χ1) is 18.0. The smallest absolute Gasteiger partial charge is 0.221 e. The van der Waals surface area contributed by atoms with E-state index in [-0.39, 0.29) is 30.6 Å². The molecule has 0 amide bonds. The van der Waals surface area contributed by atoms with Crippen molar-refractivity contribution in [2.75, 3.05) is 32.0 Å². The van der Waals surface area contributed by atoms with Crippen molar-refractivity contribution < 1.29 is 18.9 Å². The molecule has 37 heavy (non-hydrogen) atoms. The summed E-state index contributed by atoms with van der Waals surface area (Å²) in [4.78, 5) is 8.24. The Labute approximate surface area is 217 Å². The summed E-state index contributed by atoms with van der Waals surface area (Å²) in [5, 5.41) is 9.37. The second kappa shape index (κ2) is 12.3. The highest BCUT2D eigenvalue weighted by Crippen LogP contribution is 2.48. The van der Waals surface area contributed by atoms with Gasteiger partial charge in [-0.2, -0.15) is 10.2 Å². The predicted octanol–water partition coefficient (Wildman–Crippen LogP) is 4.74. The fourth-order valence-corrected chi connectivity index (χ4v) is 4.75. The van der Waals surface area contributed by atoms with Gasteiger partial charge < -0.3 is 30.4 Å². The molecule has 1 aromatic heterocycles. The lowest BCUT2D eigenvalue weighted by Gasteiger charge is -2.26. The van der Waals surface area contributed by atoms with Gasteiger partial charge in [-0.05, 0) is 37.8 Å².